The minimum absolute atomic E-state index is 0.767. The maximum Gasteiger partial charge on any atom is 0.136 e. The molecule has 1 heterocycles. The van der Waals surface area contributed by atoms with Crippen LogP contribution >= 0.6 is 11.6 Å². The largest absolute Gasteiger partial charge is 0.321 e. The minimum Gasteiger partial charge on any atom is -0.321 e. The van der Waals surface area contributed by atoms with Gasteiger partial charge in [0, 0.05) is 29.1 Å². The number of nitrogens with zero attached hydrogens (tertiary/aromatic N) is 3. The molecule has 0 bridgehead atoms. The van der Waals surface area contributed by atoms with Gasteiger partial charge < -0.3 is 9.80 Å². The van der Waals surface area contributed by atoms with Gasteiger partial charge in [-0.1, -0.05) is 54.1 Å². The molecule has 0 saturated heterocycles. The molecule has 0 unspecified atom stereocenters. The topological polar surface area (TPSA) is 18.8 Å². The van der Waals surface area contributed by atoms with E-state index in [1.165, 1.54) is 27.6 Å². The maximum absolute atomic E-state index is 6.06. The van der Waals surface area contributed by atoms with Crippen LogP contribution in [0.2, 0.25) is 5.02 Å². The van der Waals surface area contributed by atoms with Gasteiger partial charge in [0.2, 0.25) is 0 Å². The molecular weight excluding hydrogens is 354 g/mol. The van der Waals surface area contributed by atoms with Gasteiger partial charge in [-0.15, -0.1) is 0 Å². The van der Waals surface area contributed by atoms with Crippen LogP contribution in [0.25, 0.3) is 10.8 Å². The second-order valence-corrected chi connectivity index (χ2v) is 7.69. The van der Waals surface area contributed by atoms with Crippen molar-refractivity contribution in [2.75, 3.05) is 32.1 Å². The van der Waals surface area contributed by atoms with Crippen LogP contribution in [0.3, 0.4) is 0 Å². The third-order valence-corrected chi connectivity index (χ3v) is 5.20. The molecular formula is C23H24ClN3. The molecule has 3 nitrogen and oxygen atoms in total. The van der Waals surface area contributed by atoms with Crippen LogP contribution in [-0.4, -0.2) is 37.9 Å². The Kier molecular flexibility index (Phi) is 5.15. The van der Waals surface area contributed by atoms with E-state index in [1.807, 2.05) is 12.1 Å². The minimum atomic E-state index is 0.767. The summed E-state index contributed by atoms with van der Waals surface area (Å²) in [6, 6.07) is 21.1. The summed E-state index contributed by atoms with van der Waals surface area (Å²) in [7, 11) is 4.21. The van der Waals surface area contributed by atoms with Crippen LogP contribution in [0, 0.1) is 0 Å². The Balaban J connectivity index is 1.71. The van der Waals surface area contributed by atoms with E-state index in [0.29, 0.717) is 0 Å². The van der Waals surface area contributed by atoms with Gasteiger partial charge in [0.15, 0.2) is 0 Å². The SMILES string of the molecule is CN(C)CCCN=C1c2cccc3cccc(c23)N1Cc1ccc(Cl)cc1. The van der Waals surface area contributed by atoms with Crippen molar-refractivity contribution >= 4 is 33.9 Å². The van der Waals surface area contributed by atoms with Crippen LogP contribution in [0.15, 0.2) is 65.7 Å². The van der Waals surface area contributed by atoms with E-state index in [-0.39, 0.29) is 0 Å². The van der Waals surface area contributed by atoms with Crippen molar-refractivity contribution in [1.82, 2.24) is 4.90 Å². The van der Waals surface area contributed by atoms with Crippen molar-refractivity contribution in [2.24, 2.45) is 4.99 Å². The third-order valence-electron chi connectivity index (χ3n) is 4.95. The van der Waals surface area contributed by atoms with E-state index < -0.39 is 0 Å². The van der Waals surface area contributed by atoms with E-state index >= 15 is 0 Å². The van der Waals surface area contributed by atoms with E-state index in [0.717, 1.165) is 36.9 Å². The Morgan fingerprint density at radius 3 is 2.44 bits per heavy atom. The summed E-state index contributed by atoms with van der Waals surface area (Å²) >= 11 is 6.06. The fraction of sp³-hybridized carbons (Fsp3) is 0.261. The molecule has 0 fully saturated rings. The molecule has 4 rings (SSSR count). The van der Waals surface area contributed by atoms with Gasteiger partial charge in [-0.3, -0.25) is 4.99 Å². The number of hydrogen-bond donors (Lipinski definition) is 0. The highest BCUT2D eigenvalue weighted by atomic mass is 35.5. The lowest BCUT2D eigenvalue weighted by Gasteiger charge is -2.21. The van der Waals surface area contributed by atoms with Crippen molar-refractivity contribution in [3.05, 3.63) is 76.8 Å². The number of rotatable bonds is 6. The van der Waals surface area contributed by atoms with E-state index in [4.69, 9.17) is 16.6 Å². The lowest BCUT2D eigenvalue weighted by Crippen LogP contribution is -2.27. The van der Waals surface area contributed by atoms with Crippen LogP contribution in [-0.2, 0) is 6.54 Å². The summed E-state index contributed by atoms with van der Waals surface area (Å²) in [5.74, 6) is 1.08. The van der Waals surface area contributed by atoms with Crippen molar-refractivity contribution < 1.29 is 0 Å². The Morgan fingerprint density at radius 2 is 1.70 bits per heavy atom. The molecule has 0 spiro atoms. The van der Waals surface area contributed by atoms with Gasteiger partial charge in [-0.05, 0) is 56.2 Å². The smallest absolute Gasteiger partial charge is 0.136 e. The average Bonchev–Trinajstić information content (AvgIpc) is 2.96. The number of hydrogen-bond acceptors (Lipinski definition) is 2. The zero-order chi connectivity index (χ0) is 18.8. The lowest BCUT2D eigenvalue weighted by molar-refractivity contribution is 0.403. The monoisotopic (exact) mass is 377 g/mol. The van der Waals surface area contributed by atoms with Crippen molar-refractivity contribution in [3.8, 4) is 0 Å². The number of benzene rings is 3. The van der Waals surface area contributed by atoms with Gasteiger partial charge in [0.05, 0.1) is 5.69 Å². The molecule has 0 aromatic heterocycles. The fourth-order valence-corrected chi connectivity index (χ4v) is 3.79. The summed E-state index contributed by atoms with van der Waals surface area (Å²) in [6.07, 6.45) is 1.05. The fourth-order valence-electron chi connectivity index (χ4n) is 3.67. The van der Waals surface area contributed by atoms with Crippen LogP contribution in [0.4, 0.5) is 5.69 Å². The quantitative estimate of drug-likeness (QED) is 0.549. The zero-order valence-corrected chi connectivity index (χ0v) is 16.6. The molecule has 0 aliphatic carbocycles. The van der Waals surface area contributed by atoms with Crippen LogP contribution < -0.4 is 4.90 Å². The predicted octanol–water partition coefficient (Wildman–Crippen LogP) is 5.21. The highest BCUT2D eigenvalue weighted by Crippen LogP contribution is 2.38. The van der Waals surface area contributed by atoms with Gasteiger partial charge in [-0.25, -0.2) is 0 Å². The van der Waals surface area contributed by atoms with E-state index in [1.54, 1.807) is 0 Å². The number of aliphatic imine (C=N–C) groups is 1. The van der Waals surface area contributed by atoms with Crippen molar-refractivity contribution in [3.63, 3.8) is 0 Å². The maximum atomic E-state index is 6.06. The van der Waals surface area contributed by atoms with Gasteiger partial charge in [0.25, 0.3) is 0 Å². The first-order chi connectivity index (χ1) is 13.1. The molecule has 1 aliphatic rings. The summed E-state index contributed by atoms with van der Waals surface area (Å²) in [4.78, 5) is 9.57. The molecule has 3 aromatic rings. The molecule has 0 atom stereocenters. The Hall–Kier alpha value is -2.36. The third kappa shape index (κ3) is 3.71. The van der Waals surface area contributed by atoms with Gasteiger partial charge in [0.1, 0.15) is 5.84 Å². The Morgan fingerprint density at radius 1 is 0.963 bits per heavy atom. The molecule has 0 radical (unpaired) electrons. The van der Waals surface area contributed by atoms with Crippen molar-refractivity contribution in [2.45, 2.75) is 13.0 Å². The molecule has 4 heteroatoms. The average molecular weight is 378 g/mol. The summed E-state index contributed by atoms with van der Waals surface area (Å²) < 4.78 is 0. The highest BCUT2D eigenvalue weighted by Gasteiger charge is 2.27. The van der Waals surface area contributed by atoms with E-state index in [9.17, 15) is 0 Å². The Bertz CT molecular complexity index is 971. The first kappa shape index (κ1) is 18.0. The number of amidine groups is 1. The molecule has 0 saturated carbocycles. The van der Waals surface area contributed by atoms with E-state index in [2.05, 4.69) is 72.4 Å². The standard InChI is InChI=1S/C23H24ClN3/c1-26(2)15-5-14-25-23-20-8-3-6-18-7-4-9-21(22(18)20)27(23)16-17-10-12-19(24)13-11-17/h3-4,6-13H,5,14-16H2,1-2H3. The molecule has 138 valence electrons. The molecule has 1 aliphatic heterocycles. The van der Waals surface area contributed by atoms with Crippen molar-refractivity contribution in [1.29, 1.82) is 0 Å². The van der Waals surface area contributed by atoms with Crippen LogP contribution in [0.1, 0.15) is 17.5 Å². The summed E-state index contributed by atoms with van der Waals surface area (Å²) in [5.41, 5.74) is 3.71. The second-order valence-electron chi connectivity index (χ2n) is 7.26. The first-order valence-electron chi connectivity index (χ1n) is 9.37. The zero-order valence-electron chi connectivity index (χ0n) is 15.8. The highest BCUT2D eigenvalue weighted by molar-refractivity contribution is 6.30. The predicted molar refractivity (Wildman–Crippen MR) is 116 cm³/mol. The normalized spacial score (nSPS) is 14.7. The second kappa shape index (κ2) is 7.71. The van der Waals surface area contributed by atoms with Crippen LogP contribution in [0.5, 0.6) is 0 Å². The molecule has 3 aromatic carbocycles. The van der Waals surface area contributed by atoms with Gasteiger partial charge >= 0.3 is 0 Å². The lowest BCUT2D eigenvalue weighted by atomic mass is 10.1. The molecule has 0 amide bonds. The Labute approximate surface area is 165 Å². The van der Waals surface area contributed by atoms with Gasteiger partial charge in [-0.2, -0.15) is 0 Å². The number of halogens is 1. The first-order valence-corrected chi connectivity index (χ1v) is 9.74. The summed E-state index contributed by atoms with van der Waals surface area (Å²) in [6.45, 7) is 2.66. The molecule has 27 heavy (non-hydrogen) atoms. The summed E-state index contributed by atoms with van der Waals surface area (Å²) in [5, 5.41) is 3.34. The number of anilines is 1. The molecule has 0 N–H and O–H groups in total.